The third kappa shape index (κ3) is 2.58. The van der Waals surface area contributed by atoms with Gasteiger partial charge in [-0.25, -0.2) is 0 Å². The molecule has 1 fully saturated rings. The molecule has 0 bridgehead atoms. The van der Waals surface area contributed by atoms with Crippen molar-refractivity contribution < 1.29 is 5.11 Å². The van der Waals surface area contributed by atoms with Crippen molar-refractivity contribution in [1.29, 1.82) is 0 Å². The number of hydrogen-bond acceptors (Lipinski definition) is 4. The third-order valence-corrected chi connectivity index (χ3v) is 5.31. The second-order valence-electron chi connectivity index (χ2n) is 6.73. The van der Waals surface area contributed by atoms with E-state index >= 15 is 0 Å². The first-order valence-electron chi connectivity index (χ1n) is 8.90. The van der Waals surface area contributed by atoms with Crippen LogP contribution in [0.3, 0.4) is 0 Å². The van der Waals surface area contributed by atoms with Crippen LogP contribution in [0, 0.1) is 0 Å². The second-order valence-corrected chi connectivity index (χ2v) is 6.73. The topological polar surface area (TPSA) is 34.9 Å². The second kappa shape index (κ2) is 6.49. The number of nitrogens with zero attached hydrogens (tertiary/aromatic N) is 4. The molecule has 0 saturated carbocycles. The highest BCUT2D eigenvalue weighted by Crippen LogP contribution is 2.40. The maximum atomic E-state index is 9.03. The number of para-hydroxylation sites is 2. The Morgan fingerprint density at radius 3 is 2.71 bits per heavy atom. The number of aromatic nitrogens is 1. The van der Waals surface area contributed by atoms with Crippen LogP contribution in [-0.2, 0) is 0 Å². The summed E-state index contributed by atoms with van der Waals surface area (Å²) in [6.45, 7) is 4.53. The van der Waals surface area contributed by atoms with Crippen LogP contribution in [0.5, 0.6) is 0 Å². The van der Waals surface area contributed by atoms with Gasteiger partial charge in [0.15, 0.2) is 0 Å². The van der Waals surface area contributed by atoms with Crippen molar-refractivity contribution in [2.45, 2.75) is 18.9 Å². The number of aliphatic hydroxyl groups is 1. The number of piperazine rings is 1. The monoisotopic (exact) mass is 326 g/mol. The summed E-state index contributed by atoms with van der Waals surface area (Å²) in [6, 6.07) is 13.5. The Bertz CT molecular complexity index is 698. The maximum Gasteiger partial charge on any atom is 0.0841 e. The van der Waals surface area contributed by atoms with Gasteiger partial charge in [0.25, 0.3) is 0 Å². The van der Waals surface area contributed by atoms with Crippen LogP contribution in [0.1, 0.15) is 24.6 Å². The first-order chi connectivity index (χ1) is 11.8. The predicted molar refractivity (Wildman–Crippen MR) is 97.5 cm³/mol. The zero-order valence-corrected chi connectivity index (χ0v) is 14.3. The average Bonchev–Trinajstić information content (AvgIpc) is 3.08. The van der Waals surface area contributed by atoms with Gasteiger partial charge in [-0.15, -0.1) is 0 Å². The molecule has 0 amide bonds. The summed E-state index contributed by atoms with van der Waals surface area (Å²) in [5, 5.41) is 11.3. The molecular weight excluding hydrogens is 300 g/mol. The van der Waals surface area contributed by atoms with Crippen molar-refractivity contribution in [2.24, 2.45) is 0 Å². The number of unbranched alkanes of at least 4 members (excludes halogenated alkanes) is 1. The molecule has 3 heterocycles. The Morgan fingerprint density at radius 1 is 1.04 bits per heavy atom. The Kier molecular flexibility index (Phi) is 4.21. The molecule has 2 aliphatic heterocycles. The van der Waals surface area contributed by atoms with E-state index in [1.165, 1.54) is 17.1 Å². The number of aliphatic hydroxyl groups excluding tert-OH is 1. The minimum absolute atomic E-state index is 0.296. The standard InChI is InChI=1S/C19H26N4O/c1-20-16-7-2-3-8-17(16)22-13-12-21(10-4-5-14-24)15-19(22)18-9-6-11-23(18)20/h2-3,6-9,11,19,24H,4-5,10,12-15H2,1H3. The lowest BCUT2D eigenvalue weighted by Crippen LogP contribution is -2.48. The summed E-state index contributed by atoms with van der Waals surface area (Å²) in [5.41, 5.74) is 3.93. The van der Waals surface area contributed by atoms with E-state index in [-0.39, 0.29) is 0 Å². The lowest BCUT2D eigenvalue weighted by Gasteiger charge is -2.42. The Morgan fingerprint density at radius 2 is 1.88 bits per heavy atom. The van der Waals surface area contributed by atoms with Crippen molar-refractivity contribution >= 4 is 11.4 Å². The molecule has 128 valence electrons. The van der Waals surface area contributed by atoms with Crippen molar-refractivity contribution in [3.05, 3.63) is 48.3 Å². The summed E-state index contributed by atoms with van der Waals surface area (Å²) in [6.07, 6.45) is 4.12. The molecule has 2 aliphatic rings. The molecule has 0 spiro atoms. The van der Waals surface area contributed by atoms with Gasteiger partial charge < -0.3 is 10.0 Å². The minimum Gasteiger partial charge on any atom is -0.396 e. The molecule has 2 aromatic rings. The van der Waals surface area contributed by atoms with Gasteiger partial charge >= 0.3 is 0 Å². The van der Waals surface area contributed by atoms with Gasteiger partial charge in [-0.2, -0.15) is 0 Å². The SMILES string of the molecule is CN1c2ccccc2N2CCN(CCCCO)CC2c2cccn21. The third-order valence-electron chi connectivity index (χ3n) is 5.31. The van der Waals surface area contributed by atoms with Crippen LogP contribution in [0.15, 0.2) is 42.6 Å². The summed E-state index contributed by atoms with van der Waals surface area (Å²) in [7, 11) is 2.14. The Hall–Kier alpha value is -1.98. The highest BCUT2D eigenvalue weighted by atomic mass is 16.2. The van der Waals surface area contributed by atoms with Crippen LogP contribution in [-0.4, -0.2) is 54.5 Å². The highest BCUT2D eigenvalue weighted by molar-refractivity contribution is 5.73. The number of benzene rings is 1. The molecule has 1 aromatic carbocycles. The predicted octanol–water partition coefficient (Wildman–Crippen LogP) is 2.34. The molecule has 0 radical (unpaired) electrons. The van der Waals surface area contributed by atoms with Crippen molar-refractivity contribution in [3.8, 4) is 0 Å². The molecule has 5 nitrogen and oxygen atoms in total. The van der Waals surface area contributed by atoms with E-state index in [2.05, 4.69) is 69.1 Å². The number of anilines is 2. The van der Waals surface area contributed by atoms with E-state index in [0.29, 0.717) is 12.6 Å². The molecule has 4 rings (SSSR count). The van der Waals surface area contributed by atoms with Gasteiger partial charge in [0.2, 0.25) is 0 Å². The Labute approximate surface area is 143 Å². The first kappa shape index (κ1) is 15.5. The van der Waals surface area contributed by atoms with E-state index in [1.54, 1.807) is 0 Å². The average molecular weight is 326 g/mol. The van der Waals surface area contributed by atoms with Crippen molar-refractivity contribution in [3.63, 3.8) is 0 Å². The zero-order chi connectivity index (χ0) is 16.5. The summed E-state index contributed by atoms with van der Waals surface area (Å²) in [4.78, 5) is 5.11. The van der Waals surface area contributed by atoms with E-state index in [0.717, 1.165) is 39.0 Å². The highest BCUT2D eigenvalue weighted by Gasteiger charge is 2.34. The van der Waals surface area contributed by atoms with Gasteiger partial charge in [0.05, 0.1) is 23.1 Å². The van der Waals surface area contributed by atoms with Crippen LogP contribution >= 0.6 is 0 Å². The molecule has 0 aliphatic carbocycles. The number of rotatable bonds is 4. The molecule has 5 heteroatoms. The van der Waals surface area contributed by atoms with Gasteiger partial charge in [-0.3, -0.25) is 14.6 Å². The fraction of sp³-hybridized carbons (Fsp3) is 0.474. The fourth-order valence-corrected chi connectivity index (χ4v) is 4.05. The van der Waals surface area contributed by atoms with E-state index in [9.17, 15) is 0 Å². The summed E-state index contributed by atoms with van der Waals surface area (Å²) in [5.74, 6) is 0. The smallest absolute Gasteiger partial charge is 0.0841 e. The lowest BCUT2D eigenvalue weighted by molar-refractivity contribution is 0.206. The zero-order valence-electron chi connectivity index (χ0n) is 14.3. The number of hydrogen-bond donors (Lipinski definition) is 1. The molecule has 1 atom stereocenters. The molecule has 1 aromatic heterocycles. The van der Waals surface area contributed by atoms with Gasteiger partial charge in [-0.1, -0.05) is 12.1 Å². The molecule has 1 N–H and O–H groups in total. The van der Waals surface area contributed by atoms with Gasteiger partial charge in [0.1, 0.15) is 0 Å². The van der Waals surface area contributed by atoms with E-state index in [1.807, 2.05) is 0 Å². The largest absolute Gasteiger partial charge is 0.396 e. The number of fused-ring (bicyclic) bond motifs is 5. The van der Waals surface area contributed by atoms with Gasteiger partial charge in [0, 0.05) is 39.5 Å². The van der Waals surface area contributed by atoms with Crippen molar-refractivity contribution in [1.82, 2.24) is 9.58 Å². The quantitative estimate of drug-likeness (QED) is 0.875. The van der Waals surface area contributed by atoms with Crippen LogP contribution in [0.2, 0.25) is 0 Å². The lowest BCUT2D eigenvalue weighted by atomic mass is 10.1. The normalized spacial score (nSPS) is 20.3. The Balaban J connectivity index is 1.67. The summed E-state index contributed by atoms with van der Waals surface area (Å²) >= 11 is 0. The van der Waals surface area contributed by atoms with Crippen LogP contribution in [0.4, 0.5) is 11.4 Å². The van der Waals surface area contributed by atoms with E-state index < -0.39 is 0 Å². The molecule has 1 saturated heterocycles. The maximum absolute atomic E-state index is 9.03. The molecular formula is C19H26N4O. The first-order valence-corrected chi connectivity index (χ1v) is 8.90. The van der Waals surface area contributed by atoms with Gasteiger partial charge in [-0.05, 0) is 43.7 Å². The minimum atomic E-state index is 0.296. The molecule has 24 heavy (non-hydrogen) atoms. The molecule has 1 unspecified atom stereocenters. The van der Waals surface area contributed by atoms with Crippen LogP contribution < -0.4 is 9.91 Å². The summed E-state index contributed by atoms with van der Waals surface area (Å²) < 4.78 is 2.28. The van der Waals surface area contributed by atoms with Crippen LogP contribution in [0.25, 0.3) is 0 Å². The van der Waals surface area contributed by atoms with E-state index in [4.69, 9.17) is 5.11 Å². The fourth-order valence-electron chi connectivity index (χ4n) is 4.05. The van der Waals surface area contributed by atoms with Crippen molar-refractivity contribution in [2.75, 3.05) is 49.7 Å².